The Kier molecular flexibility index (Phi) is 4.47. The molecule has 9 heteroatoms. The number of pyridine rings is 1. The van der Waals surface area contributed by atoms with E-state index >= 15 is 0 Å². The number of nitrogens with zero attached hydrogens (tertiary/aromatic N) is 4. The Morgan fingerprint density at radius 3 is 2.44 bits per heavy atom. The molecule has 0 aliphatic heterocycles. The third-order valence-electron chi connectivity index (χ3n) is 3.63. The van der Waals surface area contributed by atoms with E-state index in [1.807, 2.05) is 0 Å². The van der Waals surface area contributed by atoms with Crippen molar-refractivity contribution in [2.45, 2.75) is 12.1 Å². The number of halogens is 5. The smallest absolute Gasteiger partial charge is 0.259 e. The Labute approximate surface area is 145 Å². The second-order valence-electron chi connectivity index (χ2n) is 5.35. The lowest BCUT2D eigenvalue weighted by Crippen LogP contribution is -2.14. The van der Waals surface area contributed by atoms with Crippen LogP contribution < -0.4 is 0 Å². The van der Waals surface area contributed by atoms with Crippen LogP contribution in [0, 0.1) is 5.82 Å². The molecule has 1 aromatic carbocycles. The van der Waals surface area contributed by atoms with Crippen molar-refractivity contribution < 1.29 is 17.6 Å². The van der Waals surface area contributed by atoms with E-state index in [-0.39, 0.29) is 5.56 Å². The fraction of sp³-hybridized carbons (Fsp3) is 0.188. The number of aromatic nitrogens is 4. The van der Waals surface area contributed by atoms with Gasteiger partial charge < -0.3 is 0 Å². The minimum absolute atomic E-state index is 0.0678. The second-order valence-corrected chi connectivity index (χ2v) is 5.78. The summed E-state index contributed by atoms with van der Waals surface area (Å²) in [4.78, 5) is 8.24. The highest BCUT2D eigenvalue weighted by Crippen LogP contribution is 2.35. The molecular weight excluding hydrogens is 360 g/mol. The van der Waals surface area contributed by atoms with E-state index in [9.17, 15) is 17.6 Å². The van der Waals surface area contributed by atoms with Crippen LogP contribution in [0.25, 0.3) is 0 Å². The molecule has 1 atom stereocenters. The first kappa shape index (κ1) is 17.3. The number of alkyl halides is 3. The summed E-state index contributed by atoms with van der Waals surface area (Å²) in [5.41, 5.74) is -0.638. The summed E-state index contributed by atoms with van der Waals surface area (Å²) in [6.45, 7) is 0. The first-order chi connectivity index (χ1) is 11.8. The van der Waals surface area contributed by atoms with E-state index in [2.05, 4.69) is 15.1 Å². The number of aryl methyl sites for hydroxylation is 1. The minimum atomic E-state index is -4.67. The first-order valence-corrected chi connectivity index (χ1v) is 7.46. The molecule has 25 heavy (non-hydrogen) atoms. The van der Waals surface area contributed by atoms with Gasteiger partial charge in [-0.15, -0.1) is 0 Å². The highest BCUT2D eigenvalue weighted by molar-refractivity contribution is 6.30. The average Bonchev–Trinajstić information content (AvgIpc) is 2.94. The van der Waals surface area contributed by atoms with Gasteiger partial charge in [0.25, 0.3) is 0 Å². The quantitative estimate of drug-likeness (QED) is 0.649. The fourth-order valence-electron chi connectivity index (χ4n) is 2.52. The van der Waals surface area contributed by atoms with Crippen LogP contribution in [-0.2, 0) is 13.2 Å². The maximum absolute atomic E-state index is 13.9. The number of rotatable bonds is 3. The SMILES string of the molecule is Cn1ncnc1C(c1cc(F)cc(C(F)(F)F)c1)c1ccc(Cl)cn1. The minimum Gasteiger partial charge on any atom is -0.259 e. The van der Waals surface area contributed by atoms with Crippen LogP contribution in [0.2, 0.25) is 5.02 Å². The second kappa shape index (κ2) is 6.44. The molecule has 0 aliphatic carbocycles. The molecular formula is C16H11ClF4N4. The molecule has 3 aromatic rings. The van der Waals surface area contributed by atoms with Gasteiger partial charge in [0, 0.05) is 13.2 Å². The van der Waals surface area contributed by atoms with Crippen molar-refractivity contribution in [1.82, 2.24) is 19.7 Å². The van der Waals surface area contributed by atoms with Gasteiger partial charge in [-0.3, -0.25) is 9.67 Å². The largest absolute Gasteiger partial charge is 0.416 e. The lowest BCUT2D eigenvalue weighted by Gasteiger charge is -2.18. The van der Waals surface area contributed by atoms with Crippen molar-refractivity contribution in [3.05, 3.63) is 76.3 Å². The summed E-state index contributed by atoms with van der Waals surface area (Å²) in [5.74, 6) is -1.50. The van der Waals surface area contributed by atoms with Gasteiger partial charge in [0.2, 0.25) is 0 Å². The van der Waals surface area contributed by atoms with E-state index in [0.717, 1.165) is 12.1 Å². The van der Waals surface area contributed by atoms with Gasteiger partial charge in [-0.1, -0.05) is 11.6 Å². The zero-order valence-electron chi connectivity index (χ0n) is 12.8. The fourth-order valence-corrected chi connectivity index (χ4v) is 2.63. The normalized spacial score (nSPS) is 13.0. The van der Waals surface area contributed by atoms with Gasteiger partial charge in [-0.2, -0.15) is 18.3 Å². The van der Waals surface area contributed by atoms with Gasteiger partial charge in [0.1, 0.15) is 18.0 Å². The molecule has 2 aromatic heterocycles. The monoisotopic (exact) mass is 370 g/mol. The van der Waals surface area contributed by atoms with Crippen LogP contribution in [-0.4, -0.2) is 19.7 Å². The molecule has 130 valence electrons. The van der Waals surface area contributed by atoms with Crippen molar-refractivity contribution in [3.63, 3.8) is 0 Å². The van der Waals surface area contributed by atoms with Gasteiger partial charge in [0.05, 0.1) is 22.2 Å². The van der Waals surface area contributed by atoms with Crippen LogP contribution in [0.4, 0.5) is 17.6 Å². The Morgan fingerprint density at radius 2 is 1.88 bits per heavy atom. The molecule has 4 nitrogen and oxygen atoms in total. The molecule has 0 bridgehead atoms. The summed E-state index contributed by atoms with van der Waals surface area (Å²) in [5, 5.41) is 4.31. The lowest BCUT2D eigenvalue weighted by molar-refractivity contribution is -0.137. The predicted octanol–water partition coefficient (Wildman–Crippen LogP) is 4.20. The van der Waals surface area contributed by atoms with Crippen LogP contribution in [0.15, 0.2) is 42.9 Å². The zero-order chi connectivity index (χ0) is 18.2. The van der Waals surface area contributed by atoms with Gasteiger partial charge in [0.15, 0.2) is 0 Å². The van der Waals surface area contributed by atoms with E-state index in [1.165, 1.54) is 17.2 Å². The molecule has 0 N–H and O–H groups in total. The topological polar surface area (TPSA) is 43.6 Å². The van der Waals surface area contributed by atoms with Crippen molar-refractivity contribution >= 4 is 11.6 Å². The standard InChI is InChI=1S/C16H11ClF4N4/c1-25-15(23-8-24-25)14(13-3-2-11(17)7-22-13)9-4-10(16(19,20)21)6-12(18)5-9/h2-8,14H,1H3. The number of hydrogen-bond donors (Lipinski definition) is 0. The van der Waals surface area contributed by atoms with E-state index in [4.69, 9.17) is 11.6 Å². The van der Waals surface area contributed by atoms with Crippen LogP contribution in [0.3, 0.4) is 0 Å². The summed E-state index contributed by atoms with van der Waals surface area (Å²) in [6, 6.07) is 5.48. The van der Waals surface area contributed by atoms with E-state index < -0.39 is 23.5 Å². The Balaban J connectivity index is 2.21. The number of hydrogen-bond acceptors (Lipinski definition) is 3. The van der Waals surface area contributed by atoms with Crippen molar-refractivity contribution in [2.24, 2.45) is 7.05 Å². The van der Waals surface area contributed by atoms with Gasteiger partial charge >= 0.3 is 6.18 Å². The molecule has 1 unspecified atom stereocenters. The van der Waals surface area contributed by atoms with Crippen LogP contribution >= 0.6 is 11.6 Å². The summed E-state index contributed by atoms with van der Waals surface area (Å²) < 4.78 is 54.4. The summed E-state index contributed by atoms with van der Waals surface area (Å²) in [7, 11) is 1.59. The maximum atomic E-state index is 13.9. The molecule has 0 saturated heterocycles. The van der Waals surface area contributed by atoms with E-state index in [0.29, 0.717) is 22.6 Å². The lowest BCUT2D eigenvalue weighted by atomic mass is 9.92. The number of benzene rings is 1. The van der Waals surface area contributed by atoms with Crippen molar-refractivity contribution in [2.75, 3.05) is 0 Å². The third-order valence-corrected chi connectivity index (χ3v) is 3.85. The first-order valence-electron chi connectivity index (χ1n) is 7.08. The van der Waals surface area contributed by atoms with Gasteiger partial charge in [-0.25, -0.2) is 9.37 Å². The van der Waals surface area contributed by atoms with Gasteiger partial charge in [-0.05, 0) is 35.9 Å². The molecule has 0 spiro atoms. The highest BCUT2D eigenvalue weighted by Gasteiger charge is 2.33. The van der Waals surface area contributed by atoms with Crippen molar-refractivity contribution in [1.29, 1.82) is 0 Å². The van der Waals surface area contributed by atoms with Crippen LogP contribution in [0.5, 0.6) is 0 Å². The Hall–Kier alpha value is -2.48. The zero-order valence-corrected chi connectivity index (χ0v) is 13.6. The average molecular weight is 371 g/mol. The van der Waals surface area contributed by atoms with Crippen molar-refractivity contribution in [3.8, 4) is 0 Å². The summed E-state index contributed by atoms with van der Waals surface area (Å²) >= 11 is 5.82. The predicted molar refractivity (Wildman–Crippen MR) is 82.6 cm³/mol. The molecule has 0 radical (unpaired) electrons. The Morgan fingerprint density at radius 1 is 1.12 bits per heavy atom. The highest BCUT2D eigenvalue weighted by atomic mass is 35.5. The Bertz CT molecular complexity index is 890. The molecule has 0 aliphatic rings. The molecule has 0 amide bonds. The molecule has 0 fully saturated rings. The maximum Gasteiger partial charge on any atom is 0.416 e. The third kappa shape index (κ3) is 3.63. The summed E-state index contributed by atoms with van der Waals surface area (Å²) in [6.07, 6.45) is -2.04. The molecule has 0 saturated carbocycles. The molecule has 2 heterocycles. The molecule has 3 rings (SSSR count). The van der Waals surface area contributed by atoms with E-state index in [1.54, 1.807) is 19.2 Å². The van der Waals surface area contributed by atoms with Crippen LogP contribution in [0.1, 0.15) is 28.6 Å².